The SMILES string of the molecule is CC(C)c1c(-c2ccsc2)[nH]c2c(C#N)cnn2c1=O. The topological polar surface area (TPSA) is 73.9 Å². The third kappa shape index (κ3) is 1.75. The fourth-order valence-corrected chi connectivity index (χ4v) is 2.93. The molecule has 0 spiro atoms. The summed E-state index contributed by atoms with van der Waals surface area (Å²) in [6.45, 7) is 3.95. The Balaban J connectivity index is 2.46. The Morgan fingerprint density at radius 3 is 2.90 bits per heavy atom. The van der Waals surface area contributed by atoms with Gasteiger partial charge in [-0.05, 0) is 17.4 Å². The number of thiophene rings is 1. The Labute approximate surface area is 119 Å². The maximum atomic E-state index is 12.6. The minimum Gasteiger partial charge on any atom is -0.338 e. The first kappa shape index (κ1) is 12.6. The molecule has 0 saturated carbocycles. The van der Waals surface area contributed by atoms with Crippen LogP contribution < -0.4 is 5.56 Å². The molecule has 0 aliphatic rings. The molecule has 3 aromatic heterocycles. The van der Waals surface area contributed by atoms with Gasteiger partial charge in [0.2, 0.25) is 0 Å². The van der Waals surface area contributed by atoms with Crippen molar-refractivity contribution in [3.63, 3.8) is 0 Å². The minimum atomic E-state index is -0.170. The Bertz CT molecular complexity index is 865. The van der Waals surface area contributed by atoms with E-state index in [2.05, 4.69) is 10.1 Å². The molecule has 0 atom stereocenters. The Hall–Kier alpha value is -2.39. The van der Waals surface area contributed by atoms with Crippen LogP contribution >= 0.6 is 11.3 Å². The van der Waals surface area contributed by atoms with Crippen molar-refractivity contribution in [2.75, 3.05) is 0 Å². The lowest BCUT2D eigenvalue weighted by molar-refractivity contribution is 0.798. The number of H-pyrrole nitrogens is 1. The third-order valence-electron chi connectivity index (χ3n) is 3.21. The molecule has 0 unspecified atom stereocenters. The number of aromatic nitrogens is 3. The summed E-state index contributed by atoms with van der Waals surface area (Å²) in [5.41, 5.74) is 3.07. The van der Waals surface area contributed by atoms with Gasteiger partial charge in [0.15, 0.2) is 5.65 Å². The van der Waals surface area contributed by atoms with E-state index in [1.54, 1.807) is 11.3 Å². The van der Waals surface area contributed by atoms with Crippen LogP contribution in [0, 0.1) is 11.3 Å². The van der Waals surface area contributed by atoms with E-state index >= 15 is 0 Å². The van der Waals surface area contributed by atoms with Crippen LogP contribution in [0.1, 0.15) is 30.9 Å². The molecule has 0 bridgehead atoms. The van der Waals surface area contributed by atoms with Gasteiger partial charge in [-0.1, -0.05) is 13.8 Å². The fourth-order valence-electron chi connectivity index (χ4n) is 2.28. The standard InChI is InChI=1S/C14H12N4OS/c1-8(2)11-12(9-3-4-20-7-9)17-13-10(5-15)6-16-18(13)14(11)19/h3-4,6-8,17H,1-2H3. The van der Waals surface area contributed by atoms with Gasteiger partial charge in [0.1, 0.15) is 11.6 Å². The summed E-state index contributed by atoms with van der Waals surface area (Å²) in [6, 6.07) is 4.01. The summed E-state index contributed by atoms with van der Waals surface area (Å²) >= 11 is 1.57. The van der Waals surface area contributed by atoms with Crippen molar-refractivity contribution in [3.05, 3.63) is 44.5 Å². The molecule has 3 aromatic rings. The van der Waals surface area contributed by atoms with E-state index in [9.17, 15) is 4.79 Å². The number of nitriles is 1. The van der Waals surface area contributed by atoms with Crippen LogP contribution in [0.4, 0.5) is 0 Å². The quantitative estimate of drug-likeness (QED) is 0.786. The molecule has 0 saturated heterocycles. The number of fused-ring (bicyclic) bond motifs is 1. The van der Waals surface area contributed by atoms with Crippen molar-refractivity contribution in [1.29, 1.82) is 5.26 Å². The summed E-state index contributed by atoms with van der Waals surface area (Å²) in [5.74, 6) is 0.0628. The number of nitrogens with zero attached hydrogens (tertiary/aromatic N) is 3. The van der Waals surface area contributed by atoms with Gasteiger partial charge in [-0.2, -0.15) is 26.2 Å². The van der Waals surface area contributed by atoms with Crippen molar-refractivity contribution in [2.45, 2.75) is 19.8 Å². The molecule has 6 heteroatoms. The largest absolute Gasteiger partial charge is 0.338 e. The van der Waals surface area contributed by atoms with Gasteiger partial charge in [-0.15, -0.1) is 0 Å². The van der Waals surface area contributed by atoms with Gasteiger partial charge in [-0.3, -0.25) is 4.79 Å². The molecule has 0 amide bonds. The highest BCUT2D eigenvalue weighted by molar-refractivity contribution is 7.08. The summed E-state index contributed by atoms with van der Waals surface area (Å²) in [5, 5.41) is 17.0. The van der Waals surface area contributed by atoms with Crippen LogP contribution in [0.2, 0.25) is 0 Å². The van der Waals surface area contributed by atoms with Gasteiger partial charge in [-0.25, -0.2) is 0 Å². The molecule has 1 N–H and O–H groups in total. The zero-order valence-electron chi connectivity index (χ0n) is 11.0. The van der Waals surface area contributed by atoms with Crippen LogP contribution in [0.15, 0.2) is 27.8 Å². The molecule has 0 fully saturated rings. The number of rotatable bonds is 2. The molecule has 100 valence electrons. The van der Waals surface area contributed by atoms with Crippen molar-refractivity contribution >= 4 is 17.0 Å². The highest BCUT2D eigenvalue weighted by atomic mass is 32.1. The zero-order chi connectivity index (χ0) is 14.3. The van der Waals surface area contributed by atoms with Crippen molar-refractivity contribution in [3.8, 4) is 17.3 Å². The molecular weight excluding hydrogens is 272 g/mol. The van der Waals surface area contributed by atoms with Gasteiger partial charge < -0.3 is 4.98 Å². The van der Waals surface area contributed by atoms with Crippen molar-refractivity contribution < 1.29 is 0 Å². The maximum absolute atomic E-state index is 12.6. The summed E-state index contributed by atoms with van der Waals surface area (Å²) in [7, 11) is 0. The monoisotopic (exact) mass is 284 g/mol. The van der Waals surface area contributed by atoms with Crippen LogP contribution in [0.5, 0.6) is 0 Å². The summed E-state index contributed by atoms with van der Waals surface area (Å²) in [4.78, 5) is 15.8. The second-order valence-corrected chi connectivity index (χ2v) is 5.60. The zero-order valence-corrected chi connectivity index (χ0v) is 11.9. The summed E-state index contributed by atoms with van der Waals surface area (Å²) < 4.78 is 1.27. The van der Waals surface area contributed by atoms with E-state index in [-0.39, 0.29) is 11.5 Å². The number of aromatic amines is 1. The van der Waals surface area contributed by atoms with Gasteiger partial charge in [0.05, 0.1) is 11.9 Å². The highest BCUT2D eigenvalue weighted by Crippen LogP contribution is 2.27. The predicted molar refractivity (Wildman–Crippen MR) is 77.9 cm³/mol. The van der Waals surface area contributed by atoms with Crippen molar-refractivity contribution in [2.24, 2.45) is 0 Å². The lowest BCUT2D eigenvalue weighted by Gasteiger charge is -2.11. The first-order valence-electron chi connectivity index (χ1n) is 6.20. The first-order valence-corrected chi connectivity index (χ1v) is 7.14. The van der Waals surface area contributed by atoms with E-state index in [4.69, 9.17) is 5.26 Å². The third-order valence-corrected chi connectivity index (χ3v) is 3.90. The average molecular weight is 284 g/mol. The van der Waals surface area contributed by atoms with E-state index in [1.807, 2.05) is 36.7 Å². The van der Waals surface area contributed by atoms with E-state index in [1.165, 1.54) is 10.7 Å². The maximum Gasteiger partial charge on any atom is 0.278 e. The van der Waals surface area contributed by atoms with Gasteiger partial charge >= 0.3 is 0 Å². The van der Waals surface area contributed by atoms with Crippen molar-refractivity contribution in [1.82, 2.24) is 14.6 Å². The van der Waals surface area contributed by atoms with E-state index in [0.717, 1.165) is 11.3 Å². The van der Waals surface area contributed by atoms with Gasteiger partial charge in [0, 0.05) is 16.5 Å². The minimum absolute atomic E-state index is 0.0628. The number of nitrogens with one attached hydrogen (secondary N) is 1. The normalized spacial score (nSPS) is 11.1. The molecule has 5 nitrogen and oxygen atoms in total. The van der Waals surface area contributed by atoms with E-state index in [0.29, 0.717) is 16.8 Å². The molecule has 3 rings (SSSR count). The number of hydrogen-bond acceptors (Lipinski definition) is 4. The Morgan fingerprint density at radius 2 is 2.30 bits per heavy atom. The fraction of sp³-hybridized carbons (Fsp3) is 0.214. The smallest absolute Gasteiger partial charge is 0.278 e. The lowest BCUT2D eigenvalue weighted by atomic mass is 10.00. The molecule has 20 heavy (non-hydrogen) atoms. The second kappa shape index (κ2) is 4.62. The molecule has 0 aliphatic carbocycles. The number of hydrogen-bond donors (Lipinski definition) is 1. The van der Waals surface area contributed by atoms with Gasteiger partial charge in [0.25, 0.3) is 5.56 Å². The average Bonchev–Trinajstić information content (AvgIpc) is 3.07. The van der Waals surface area contributed by atoms with Crippen LogP contribution in [0.25, 0.3) is 16.9 Å². The van der Waals surface area contributed by atoms with Crippen LogP contribution in [0.3, 0.4) is 0 Å². The molecule has 0 aromatic carbocycles. The lowest BCUT2D eigenvalue weighted by Crippen LogP contribution is -2.22. The molecule has 3 heterocycles. The molecule has 0 radical (unpaired) electrons. The first-order chi connectivity index (χ1) is 9.63. The van der Waals surface area contributed by atoms with E-state index < -0.39 is 0 Å². The van der Waals surface area contributed by atoms with Crippen LogP contribution in [-0.2, 0) is 0 Å². The van der Waals surface area contributed by atoms with Crippen LogP contribution in [-0.4, -0.2) is 14.6 Å². The Morgan fingerprint density at radius 1 is 1.50 bits per heavy atom. The second-order valence-electron chi connectivity index (χ2n) is 4.82. The Kier molecular flexibility index (Phi) is 2.92. The highest BCUT2D eigenvalue weighted by Gasteiger charge is 2.19. The molecular formula is C14H12N4OS. The predicted octanol–water partition coefficient (Wildman–Crippen LogP) is 2.75. The summed E-state index contributed by atoms with van der Waals surface area (Å²) in [6.07, 6.45) is 1.41. The molecule has 0 aliphatic heterocycles.